The van der Waals surface area contributed by atoms with Crippen molar-refractivity contribution in [3.63, 3.8) is 0 Å². The summed E-state index contributed by atoms with van der Waals surface area (Å²) in [6.45, 7) is 13.8. The van der Waals surface area contributed by atoms with E-state index in [4.69, 9.17) is 9.16 Å². The third-order valence-electron chi connectivity index (χ3n) is 5.56. The van der Waals surface area contributed by atoms with Crippen LogP contribution in [0.25, 0.3) is 0 Å². The third-order valence-corrected chi connectivity index (χ3v) is 10.6. The first-order valence-corrected chi connectivity index (χ1v) is 12.7. The zero-order valence-electron chi connectivity index (χ0n) is 19.1. The fourth-order valence-electron chi connectivity index (χ4n) is 4.26. The summed E-state index contributed by atoms with van der Waals surface area (Å²) >= 11 is 0. The molecule has 5 heteroatoms. The first-order valence-electron chi connectivity index (χ1n) is 10.8. The Morgan fingerprint density at radius 2 is 1.40 bits per heavy atom. The highest BCUT2D eigenvalue weighted by Crippen LogP contribution is 2.38. The van der Waals surface area contributed by atoms with Gasteiger partial charge in [-0.25, -0.2) is 4.79 Å². The number of carbonyl (C=O) groups is 1. The summed E-state index contributed by atoms with van der Waals surface area (Å²) in [5.74, 6) is 0. The van der Waals surface area contributed by atoms with Crippen LogP contribution in [-0.2, 0) is 9.16 Å². The van der Waals surface area contributed by atoms with Crippen LogP contribution in [0.2, 0.25) is 5.04 Å². The number of hydrogen-bond donors (Lipinski definition) is 0. The molecule has 4 nitrogen and oxygen atoms in total. The van der Waals surface area contributed by atoms with E-state index in [-0.39, 0.29) is 17.2 Å². The van der Waals surface area contributed by atoms with Gasteiger partial charge in [0.05, 0.1) is 6.10 Å². The Kier molecular flexibility index (Phi) is 6.44. The molecule has 1 atom stereocenters. The molecular weight excluding hydrogens is 390 g/mol. The monoisotopic (exact) mass is 425 g/mol. The van der Waals surface area contributed by atoms with Gasteiger partial charge < -0.3 is 14.1 Å². The van der Waals surface area contributed by atoms with E-state index in [0.29, 0.717) is 13.1 Å². The van der Waals surface area contributed by atoms with Gasteiger partial charge in [-0.3, -0.25) is 0 Å². The molecule has 3 rings (SSSR count). The highest BCUT2D eigenvalue weighted by atomic mass is 28.4. The minimum Gasteiger partial charge on any atom is -0.444 e. The SMILES string of the molecule is CC(C)(C)OC(=O)N1CCC(O[Si](c2ccccc2)(c2ccccc2)C(C)(C)C)C1. The predicted molar refractivity (Wildman–Crippen MR) is 125 cm³/mol. The summed E-state index contributed by atoms with van der Waals surface area (Å²) in [6, 6.07) is 21.3. The zero-order valence-corrected chi connectivity index (χ0v) is 20.1. The molecular formula is C25H35NO3Si. The van der Waals surface area contributed by atoms with Gasteiger partial charge in [0, 0.05) is 13.1 Å². The van der Waals surface area contributed by atoms with Gasteiger partial charge in [0.25, 0.3) is 8.32 Å². The second-order valence-electron chi connectivity index (χ2n) is 10.1. The third kappa shape index (κ3) is 4.78. The second kappa shape index (κ2) is 8.56. The average molecular weight is 426 g/mol. The van der Waals surface area contributed by atoms with E-state index >= 15 is 0 Å². The number of hydrogen-bond acceptors (Lipinski definition) is 3. The number of ether oxygens (including phenoxy) is 1. The number of nitrogens with zero attached hydrogens (tertiary/aromatic N) is 1. The molecule has 1 unspecified atom stereocenters. The first-order chi connectivity index (χ1) is 14.0. The average Bonchev–Trinajstić information content (AvgIpc) is 3.14. The molecule has 0 aliphatic carbocycles. The maximum absolute atomic E-state index is 12.6. The summed E-state index contributed by atoms with van der Waals surface area (Å²) in [7, 11) is -2.60. The van der Waals surface area contributed by atoms with Gasteiger partial charge in [-0.1, -0.05) is 81.4 Å². The molecule has 1 aliphatic rings. The molecule has 162 valence electrons. The Morgan fingerprint density at radius 1 is 0.900 bits per heavy atom. The fourth-order valence-corrected chi connectivity index (χ4v) is 8.97. The van der Waals surface area contributed by atoms with E-state index < -0.39 is 13.9 Å². The van der Waals surface area contributed by atoms with Crippen LogP contribution in [0.3, 0.4) is 0 Å². The molecule has 0 bridgehead atoms. The van der Waals surface area contributed by atoms with Gasteiger partial charge in [0.15, 0.2) is 0 Å². The van der Waals surface area contributed by atoms with Crippen molar-refractivity contribution in [3.8, 4) is 0 Å². The molecule has 2 aromatic carbocycles. The van der Waals surface area contributed by atoms with Gasteiger partial charge in [-0.2, -0.15) is 0 Å². The van der Waals surface area contributed by atoms with Crippen LogP contribution >= 0.6 is 0 Å². The van der Waals surface area contributed by atoms with Crippen LogP contribution in [-0.4, -0.2) is 44.1 Å². The van der Waals surface area contributed by atoms with Gasteiger partial charge in [-0.15, -0.1) is 0 Å². The molecule has 1 saturated heterocycles. The van der Waals surface area contributed by atoms with Crippen molar-refractivity contribution in [2.24, 2.45) is 0 Å². The highest BCUT2D eigenvalue weighted by molar-refractivity contribution is 6.99. The molecule has 0 radical (unpaired) electrons. The van der Waals surface area contributed by atoms with E-state index in [2.05, 4.69) is 81.4 Å². The maximum Gasteiger partial charge on any atom is 0.410 e. The Hall–Kier alpha value is -2.11. The van der Waals surface area contributed by atoms with Crippen LogP contribution in [0.5, 0.6) is 0 Å². The van der Waals surface area contributed by atoms with Crippen LogP contribution in [0.1, 0.15) is 48.0 Å². The van der Waals surface area contributed by atoms with E-state index in [1.807, 2.05) is 20.8 Å². The Morgan fingerprint density at radius 3 is 1.83 bits per heavy atom. The number of likely N-dealkylation sites (tertiary alicyclic amines) is 1. The van der Waals surface area contributed by atoms with Crippen molar-refractivity contribution in [2.45, 2.75) is 64.7 Å². The van der Waals surface area contributed by atoms with Gasteiger partial charge in [0.2, 0.25) is 0 Å². The molecule has 0 N–H and O–H groups in total. The molecule has 1 fully saturated rings. The fraction of sp³-hybridized carbons (Fsp3) is 0.480. The Balaban J connectivity index is 1.94. The van der Waals surface area contributed by atoms with Crippen molar-refractivity contribution >= 4 is 24.8 Å². The van der Waals surface area contributed by atoms with Gasteiger partial charge >= 0.3 is 6.09 Å². The van der Waals surface area contributed by atoms with Crippen LogP contribution in [0.4, 0.5) is 4.79 Å². The van der Waals surface area contributed by atoms with Crippen molar-refractivity contribution in [2.75, 3.05) is 13.1 Å². The molecule has 2 aromatic rings. The molecule has 0 spiro atoms. The number of amides is 1. The highest BCUT2D eigenvalue weighted by Gasteiger charge is 2.52. The lowest BCUT2D eigenvalue weighted by atomic mass is 10.2. The topological polar surface area (TPSA) is 38.8 Å². The van der Waals surface area contributed by atoms with Gasteiger partial charge in [0.1, 0.15) is 5.60 Å². The van der Waals surface area contributed by atoms with E-state index in [9.17, 15) is 4.79 Å². The Bertz CT molecular complexity index is 801. The van der Waals surface area contributed by atoms with Crippen molar-refractivity contribution < 1.29 is 14.0 Å². The van der Waals surface area contributed by atoms with Crippen molar-refractivity contribution in [1.82, 2.24) is 4.90 Å². The Labute approximate surface area is 182 Å². The van der Waals surface area contributed by atoms with Crippen LogP contribution in [0, 0.1) is 0 Å². The summed E-state index contributed by atoms with van der Waals surface area (Å²) < 4.78 is 12.7. The quantitative estimate of drug-likeness (QED) is 0.674. The number of benzene rings is 2. The molecule has 1 aliphatic heterocycles. The summed E-state index contributed by atoms with van der Waals surface area (Å²) in [5.41, 5.74) is -0.492. The smallest absolute Gasteiger partial charge is 0.410 e. The van der Waals surface area contributed by atoms with Crippen LogP contribution < -0.4 is 10.4 Å². The normalized spacial score (nSPS) is 17.8. The summed E-state index contributed by atoms with van der Waals surface area (Å²) in [5, 5.41) is 2.45. The van der Waals surface area contributed by atoms with Crippen molar-refractivity contribution in [1.29, 1.82) is 0 Å². The van der Waals surface area contributed by atoms with Crippen molar-refractivity contribution in [3.05, 3.63) is 60.7 Å². The number of rotatable bonds is 4. The minimum absolute atomic E-state index is 0.0103. The second-order valence-corrected chi connectivity index (χ2v) is 14.4. The molecule has 30 heavy (non-hydrogen) atoms. The van der Waals surface area contributed by atoms with E-state index in [0.717, 1.165) is 6.42 Å². The summed E-state index contributed by atoms with van der Waals surface area (Å²) in [4.78, 5) is 14.4. The molecule has 0 saturated carbocycles. The standard InChI is InChI=1S/C25H35NO3Si/c1-24(2,3)28-23(27)26-18-17-20(19-26)29-30(25(4,5)6,21-13-9-7-10-14-21)22-15-11-8-12-16-22/h7-16,20H,17-19H2,1-6H3. The lowest BCUT2D eigenvalue weighted by Crippen LogP contribution is -2.67. The lowest BCUT2D eigenvalue weighted by molar-refractivity contribution is 0.0274. The number of carbonyl (C=O) groups excluding carboxylic acids is 1. The van der Waals surface area contributed by atoms with E-state index in [1.54, 1.807) is 4.90 Å². The predicted octanol–water partition coefficient (Wildman–Crippen LogP) is 4.57. The summed E-state index contributed by atoms with van der Waals surface area (Å²) in [6.07, 6.45) is 0.559. The van der Waals surface area contributed by atoms with Gasteiger partial charge in [-0.05, 0) is 42.6 Å². The largest absolute Gasteiger partial charge is 0.444 e. The maximum atomic E-state index is 12.6. The minimum atomic E-state index is -2.60. The molecule has 0 aromatic heterocycles. The molecule has 1 heterocycles. The zero-order chi connectivity index (χ0) is 22.0. The lowest BCUT2D eigenvalue weighted by Gasteiger charge is -2.44. The first kappa shape index (κ1) is 22.6. The van der Waals surface area contributed by atoms with E-state index in [1.165, 1.54) is 10.4 Å². The molecule has 1 amide bonds. The van der Waals surface area contributed by atoms with Crippen LogP contribution in [0.15, 0.2) is 60.7 Å².